The average molecular weight is 436 g/mol. The summed E-state index contributed by atoms with van der Waals surface area (Å²) in [6.45, 7) is 0. The first-order valence-electron chi connectivity index (χ1n) is 9.60. The van der Waals surface area contributed by atoms with E-state index in [0.717, 1.165) is 11.1 Å². The van der Waals surface area contributed by atoms with E-state index in [4.69, 9.17) is 23.2 Å². The van der Waals surface area contributed by atoms with Gasteiger partial charge >= 0.3 is 0 Å². The molecule has 0 saturated heterocycles. The Balaban J connectivity index is 1.74. The van der Waals surface area contributed by atoms with Crippen LogP contribution in [0.25, 0.3) is 0 Å². The average Bonchev–Trinajstić information content (AvgIpc) is 2.78. The van der Waals surface area contributed by atoms with E-state index >= 15 is 0 Å². The predicted molar refractivity (Wildman–Crippen MR) is 121 cm³/mol. The molecule has 4 rings (SSSR count). The molecule has 1 N–H and O–H groups in total. The third-order valence-electron chi connectivity index (χ3n) is 5.51. The van der Waals surface area contributed by atoms with Crippen LogP contribution in [0, 0.1) is 5.92 Å². The van der Waals surface area contributed by atoms with Gasteiger partial charge in [0.25, 0.3) is 0 Å². The van der Waals surface area contributed by atoms with Gasteiger partial charge in [0.1, 0.15) is 5.92 Å². The van der Waals surface area contributed by atoms with Gasteiger partial charge in [-0.1, -0.05) is 96.0 Å². The van der Waals surface area contributed by atoms with E-state index in [1.54, 1.807) is 18.2 Å². The zero-order chi connectivity index (χ0) is 21.1. The Bertz CT molecular complexity index is 1050. The number of amides is 1. The minimum atomic E-state index is -0.872. The predicted octanol–water partition coefficient (Wildman–Crippen LogP) is 6.06. The zero-order valence-electron chi connectivity index (χ0n) is 16.0. The van der Waals surface area contributed by atoms with Crippen molar-refractivity contribution < 1.29 is 9.59 Å². The Morgan fingerprint density at radius 1 is 0.833 bits per heavy atom. The van der Waals surface area contributed by atoms with E-state index in [1.165, 1.54) is 6.08 Å². The molecular formula is C25H19Cl2NO2. The van der Waals surface area contributed by atoms with Crippen molar-refractivity contribution in [3.05, 3.63) is 112 Å². The van der Waals surface area contributed by atoms with Crippen molar-refractivity contribution in [3.63, 3.8) is 0 Å². The molecule has 1 amide bonds. The topological polar surface area (TPSA) is 46.2 Å². The maximum atomic E-state index is 13.1. The fourth-order valence-electron chi connectivity index (χ4n) is 3.95. The van der Waals surface area contributed by atoms with E-state index in [2.05, 4.69) is 5.32 Å². The molecule has 5 heteroatoms. The maximum absolute atomic E-state index is 13.1. The van der Waals surface area contributed by atoms with Gasteiger partial charge in [-0.25, -0.2) is 0 Å². The van der Waals surface area contributed by atoms with E-state index in [9.17, 15) is 9.59 Å². The largest absolute Gasteiger partial charge is 0.323 e. The third kappa shape index (κ3) is 3.79. The van der Waals surface area contributed by atoms with Crippen LogP contribution in [0.5, 0.6) is 0 Å². The monoisotopic (exact) mass is 435 g/mol. The molecule has 30 heavy (non-hydrogen) atoms. The Kier molecular flexibility index (Phi) is 5.76. The van der Waals surface area contributed by atoms with Crippen LogP contribution in [0.3, 0.4) is 0 Å². The minimum Gasteiger partial charge on any atom is -0.323 e. The van der Waals surface area contributed by atoms with Crippen molar-refractivity contribution in [1.82, 2.24) is 0 Å². The highest BCUT2D eigenvalue weighted by Crippen LogP contribution is 2.43. The van der Waals surface area contributed by atoms with Crippen molar-refractivity contribution in [2.75, 3.05) is 5.32 Å². The number of hydrogen-bond donors (Lipinski definition) is 1. The summed E-state index contributed by atoms with van der Waals surface area (Å²) in [7, 11) is 0. The van der Waals surface area contributed by atoms with E-state index in [0.29, 0.717) is 22.2 Å². The summed E-state index contributed by atoms with van der Waals surface area (Å²) in [5.41, 5.74) is 1.77. The lowest BCUT2D eigenvalue weighted by Crippen LogP contribution is -2.40. The van der Waals surface area contributed by atoms with Gasteiger partial charge < -0.3 is 5.32 Å². The summed E-state index contributed by atoms with van der Waals surface area (Å²) < 4.78 is 0. The number of allylic oxidation sites excluding steroid dienone is 2. The number of rotatable bonds is 4. The zero-order valence-corrected chi connectivity index (χ0v) is 17.5. The van der Waals surface area contributed by atoms with Crippen molar-refractivity contribution in [3.8, 4) is 0 Å². The second-order valence-corrected chi connectivity index (χ2v) is 8.10. The summed E-state index contributed by atoms with van der Waals surface area (Å²) in [5.74, 6) is -1.53. The molecule has 1 aliphatic rings. The van der Waals surface area contributed by atoms with Crippen LogP contribution in [0.15, 0.2) is 91.0 Å². The van der Waals surface area contributed by atoms with Crippen molar-refractivity contribution >= 4 is 40.6 Å². The maximum Gasteiger partial charge on any atom is 0.235 e. The molecule has 3 aromatic carbocycles. The van der Waals surface area contributed by atoms with E-state index in [1.807, 2.05) is 66.7 Å². The lowest BCUT2D eigenvalue weighted by atomic mass is 9.65. The van der Waals surface area contributed by atoms with Crippen molar-refractivity contribution in [1.29, 1.82) is 0 Å². The molecule has 3 aromatic rings. The van der Waals surface area contributed by atoms with Crippen LogP contribution in [0.4, 0.5) is 5.69 Å². The van der Waals surface area contributed by atoms with Gasteiger partial charge in [0.05, 0.1) is 15.7 Å². The molecule has 0 bridgehead atoms. The molecule has 0 radical (unpaired) electrons. The molecule has 0 heterocycles. The summed E-state index contributed by atoms with van der Waals surface area (Å²) in [6.07, 6.45) is 3.73. The van der Waals surface area contributed by atoms with Gasteiger partial charge in [-0.05, 0) is 35.8 Å². The SMILES string of the molecule is O=C1C=CC(c2ccccc2)(c2ccccc2)CC1C(=O)Nc1c(Cl)cccc1Cl. The number of carbonyl (C=O) groups is 2. The van der Waals surface area contributed by atoms with Gasteiger partial charge in [0.2, 0.25) is 5.91 Å². The number of nitrogens with one attached hydrogen (secondary N) is 1. The number of ketones is 1. The number of carbonyl (C=O) groups excluding carboxylic acids is 2. The molecular weight excluding hydrogens is 417 g/mol. The molecule has 0 spiro atoms. The lowest BCUT2D eigenvalue weighted by molar-refractivity contribution is -0.129. The second-order valence-electron chi connectivity index (χ2n) is 7.28. The highest BCUT2D eigenvalue weighted by Gasteiger charge is 2.42. The fourth-order valence-corrected chi connectivity index (χ4v) is 4.44. The number of halogens is 2. The van der Waals surface area contributed by atoms with Gasteiger partial charge in [0.15, 0.2) is 5.78 Å². The van der Waals surface area contributed by atoms with Gasteiger partial charge in [-0.2, -0.15) is 0 Å². The molecule has 0 aromatic heterocycles. The van der Waals surface area contributed by atoms with E-state index in [-0.39, 0.29) is 5.78 Å². The van der Waals surface area contributed by atoms with Crippen molar-refractivity contribution in [2.45, 2.75) is 11.8 Å². The molecule has 0 fully saturated rings. The Morgan fingerprint density at radius 2 is 1.37 bits per heavy atom. The van der Waals surface area contributed by atoms with Crippen LogP contribution in [-0.2, 0) is 15.0 Å². The molecule has 150 valence electrons. The summed E-state index contributed by atoms with van der Waals surface area (Å²) in [4.78, 5) is 25.9. The smallest absolute Gasteiger partial charge is 0.235 e. The Hall–Kier alpha value is -2.88. The standard InChI is InChI=1S/C25H19Cl2NO2/c26-20-12-7-13-21(27)23(20)28-24(30)19-16-25(15-14-22(19)29,17-8-3-1-4-9-17)18-10-5-2-6-11-18/h1-15,19H,16H2,(H,28,30). The minimum absolute atomic E-state index is 0.238. The van der Waals surface area contributed by atoms with Gasteiger partial charge in [-0.3, -0.25) is 9.59 Å². The summed E-state index contributed by atoms with van der Waals surface area (Å²) >= 11 is 12.4. The van der Waals surface area contributed by atoms with Crippen LogP contribution in [0.1, 0.15) is 17.5 Å². The van der Waals surface area contributed by atoms with Crippen LogP contribution in [0.2, 0.25) is 10.0 Å². The highest BCUT2D eigenvalue weighted by molar-refractivity contribution is 6.40. The molecule has 3 nitrogen and oxygen atoms in total. The first kappa shape index (κ1) is 20.4. The second kappa shape index (κ2) is 8.47. The summed E-state index contributed by atoms with van der Waals surface area (Å²) in [5, 5.41) is 3.41. The van der Waals surface area contributed by atoms with Crippen LogP contribution >= 0.6 is 23.2 Å². The van der Waals surface area contributed by atoms with Crippen LogP contribution in [-0.4, -0.2) is 11.7 Å². The fraction of sp³-hybridized carbons (Fsp3) is 0.120. The normalized spacial score (nSPS) is 17.5. The number of para-hydroxylation sites is 1. The molecule has 1 unspecified atom stereocenters. The molecule has 0 aliphatic heterocycles. The molecule has 1 aliphatic carbocycles. The number of hydrogen-bond acceptors (Lipinski definition) is 2. The third-order valence-corrected chi connectivity index (χ3v) is 6.14. The van der Waals surface area contributed by atoms with E-state index < -0.39 is 17.2 Å². The quantitative estimate of drug-likeness (QED) is 0.505. The summed E-state index contributed by atoms with van der Waals surface area (Å²) in [6, 6.07) is 24.8. The van der Waals surface area contributed by atoms with Gasteiger partial charge in [-0.15, -0.1) is 0 Å². The van der Waals surface area contributed by atoms with Crippen molar-refractivity contribution in [2.24, 2.45) is 5.92 Å². The first-order valence-corrected chi connectivity index (χ1v) is 10.4. The van der Waals surface area contributed by atoms with Crippen LogP contribution < -0.4 is 5.32 Å². The highest BCUT2D eigenvalue weighted by atomic mass is 35.5. The Labute approximate surface area is 185 Å². The van der Waals surface area contributed by atoms with Gasteiger partial charge in [0, 0.05) is 5.41 Å². The first-order chi connectivity index (χ1) is 14.5. The lowest BCUT2D eigenvalue weighted by Gasteiger charge is -2.37. The molecule has 0 saturated carbocycles. The molecule has 1 atom stereocenters. The Morgan fingerprint density at radius 3 is 1.90 bits per heavy atom. The number of benzene rings is 3. The number of anilines is 1.